The van der Waals surface area contributed by atoms with Crippen LogP contribution in [-0.2, 0) is 14.3 Å². The summed E-state index contributed by atoms with van der Waals surface area (Å²) in [5.41, 5.74) is 5.01. The molecule has 4 nitrogen and oxygen atoms in total. The van der Waals surface area contributed by atoms with Crippen LogP contribution in [-0.4, -0.2) is 32.3 Å². The van der Waals surface area contributed by atoms with Crippen molar-refractivity contribution in [2.24, 2.45) is 11.7 Å². The highest BCUT2D eigenvalue weighted by molar-refractivity contribution is 5.81. The zero-order chi connectivity index (χ0) is 9.19. The fourth-order valence-electron chi connectivity index (χ4n) is 1.69. The van der Waals surface area contributed by atoms with Crippen LogP contribution in [0.25, 0.3) is 0 Å². The van der Waals surface area contributed by atoms with Gasteiger partial charge in [-0.1, -0.05) is 0 Å². The van der Waals surface area contributed by atoms with Gasteiger partial charge in [0.25, 0.3) is 0 Å². The highest BCUT2D eigenvalue weighted by Crippen LogP contribution is 2.36. The second-order valence-electron chi connectivity index (χ2n) is 3.38. The predicted octanol–water partition coefficient (Wildman–Crippen LogP) is -0.0867. The van der Waals surface area contributed by atoms with E-state index in [0.29, 0.717) is 25.4 Å². The van der Waals surface area contributed by atoms with Gasteiger partial charge in [-0.25, -0.2) is 0 Å². The number of nitrogens with two attached hydrogens (primary N) is 1. The number of esters is 1. The summed E-state index contributed by atoms with van der Waals surface area (Å²) in [4.78, 5) is 11.1. The van der Waals surface area contributed by atoms with E-state index in [2.05, 4.69) is 4.74 Å². The van der Waals surface area contributed by atoms with E-state index < -0.39 is 5.54 Å². The molecule has 1 aliphatic rings. The van der Waals surface area contributed by atoms with Crippen molar-refractivity contribution in [1.82, 2.24) is 0 Å². The minimum Gasteiger partial charge on any atom is -0.468 e. The van der Waals surface area contributed by atoms with Crippen LogP contribution < -0.4 is 5.73 Å². The summed E-state index contributed by atoms with van der Waals surface area (Å²) in [7, 11) is 3.01. The van der Waals surface area contributed by atoms with Crippen molar-refractivity contribution in [2.45, 2.75) is 18.4 Å². The maximum atomic E-state index is 11.1. The molecule has 0 aliphatic heterocycles. The van der Waals surface area contributed by atoms with Gasteiger partial charge in [0.2, 0.25) is 0 Å². The van der Waals surface area contributed by atoms with Gasteiger partial charge in [-0.2, -0.15) is 0 Å². The Hall–Kier alpha value is -0.610. The van der Waals surface area contributed by atoms with Gasteiger partial charge in [-0.05, 0) is 18.8 Å². The first-order valence-corrected chi connectivity index (χ1v) is 3.98. The maximum Gasteiger partial charge on any atom is 0.325 e. The number of hydrogen-bond donors (Lipinski definition) is 1. The Morgan fingerprint density at radius 2 is 2.17 bits per heavy atom. The summed E-state index contributed by atoms with van der Waals surface area (Å²) < 4.78 is 9.52. The summed E-state index contributed by atoms with van der Waals surface area (Å²) in [6.07, 6.45) is 1.35. The molecule has 4 heteroatoms. The average molecular weight is 173 g/mol. The Labute approximate surface area is 72.0 Å². The van der Waals surface area contributed by atoms with E-state index in [4.69, 9.17) is 10.5 Å². The SMILES string of the molecule is COCC1CC(N)(C(=O)OC)C1. The third kappa shape index (κ3) is 1.59. The highest BCUT2D eigenvalue weighted by Gasteiger charge is 2.47. The molecule has 0 spiro atoms. The topological polar surface area (TPSA) is 61.5 Å². The van der Waals surface area contributed by atoms with Gasteiger partial charge < -0.3 is 15.2 Å². The van der Waals surface area contributed by atoms with Gasteiger partial charge in [0, 0.05) is 13.7 Å². The second-order valence-corrected chi connectivity index (χ2v) is 3.38. The molecule has 0 aromatic heterocycles. The number of carbonyl (C=O) groups excluding carboxylic acids is 1. The van der Waals surface area contributed by atoms with Crippen molar-refractivity contribution in [3.63, 3.8) is 0 Å². The zero-order valence-electron chi connectivity index (χ0n) is 7.50. The van der Waals surface area contributed by atoms with Crippen molar-refractivity contribution in [1.29, 1.82) is 0 Å². The Morgan fingerprint density at radius 3 is 2.58 bits per heavy atom. The molecule has 1 aliphatic carbocycles. The third-order valence-corrected chi connectivity index (χ3v) is 2.30. The van der Waals surface area contributed by atoms with Gasteiger partial charge in [-0.3, -0.25) is 4.79 Å². The molecular formula is C8H15NO3. The molecule has 0 heterocycles. The van der Waals surface area contributed by atoms with Crippen LogP contribution >= 0.6 is 0 Å². The fraction of sp³-hybridized carbons (Fsp3) is 0.875. The van der Waals surface area contributed by atoms with Crippen LogP contribution in [0.4, 0.5) is 0 Å². The Bertz CT molecular complexity index is 175. The van der Waals surface area contributed by atoms with Crippen LogP contribution in [0.15, 0.2) is 0 Å². The lowest BCUT2D eigenvalue weighted by atomic mass is 9.69. The Morgan fingerprint density at radius 1 is 1.58 bits per heavy atom. The van der Waals surface area contributed by atoms with Crippen molar-refractivity contribution < 1.29 is 14.3 Å². The number of ether oxygens (including phenoxy) is 2. The fourth-order valence-corrected chi connectivity index (χ4v) is 1.69. The summed E-state index contributed by atoms with van der Waals surface area (Å²) in [6.45, 7) is 0.677. The van der Waals surface area contributed by atoms with Crippen LogP contribution in [0, 0.1) is 5.92 Å². The lowest BCUT2D eigenvalue weighted by Crippen LogP contribution is -2.59. The molecule has 0 radical (unpaired) electrons. The molecule has 1 saturated carbocycles. The minimum atomic E-state index is -0.738. The zero-order valence-corrected chi connectivity index (χ0v) is 7.50. The molecule has 0 bridgehead atoms. The largest absolute Gasteiger partial charge is 0.468 e. The summed E-state index contributed by atoms with van der Waals surface area (Å²) in [5, 5.41) is 0. The number of carbonyl (C=O) groups is 1. The molecule has 2 N–H and O–H groups in total. The number of methoxy groups -OCH3 is 2. The summed E-state index contributed by atoms with van der Waals surface area (Å²) in [5.74, 6) is 0.106. The standard InChI is InChI=1S/C8H15NO3/c1-11-5-6-3-8(9,4-6)7(10)12-2/h6H,3-5,9H2,1-2H3. The lowest BCUT2D eigenvalue weighted by molar-refractivity contribution is -0.153. The van der Waals surface area contributed by atoms with Crippen LogP contribution in [0.3, 0.4) is 0 Å². The molecule has 0 aromatic rings. The van der Waals surface area contributed by atoms with Crippen molar-refractivity contribution in [3.05, 3.63) is 0 Å². The van der Waals surface area contributed by atoms with Gasteiger partial charge in [0.1, 0.15) is 5.54 Å². The molecule has 70 valence electrons. The Balaban J connectivity index is 2.34. The number of hydrogen-bond acceptors (Lipinski definition) is 4. The first-order chi connectivity index (χ1) is 5.62. The van der Waals surface area contributed by atoms with Gasteiger partial charge in [0.15, 0.2) is 0 Å². The quantitative estimate of drug-likeness (QED) is 0.606. The molecule has 1 rings (SSSR count). The lowest BCUT2D eigenvalue weighted by Gasteiger charge is -2.41. The molecule has 0 aromatic carbocycles. The molecule has 0 unspecified atom stereocenters. The van der Waals surface area contributed by atoms with E-state index in [-0.39, 0.29) is 5.97 Å². The van der Waals surface area contributed by atoms with Gasteiger partial charge in [0.05, 0.1) is 7.11 Å². The van der Waals surface area contributed by atoms with Crippen molar-refractivity contribution in [3.8, 4) is 0 Å². The third-order valence-electron chi connectivity index (χ3n) is 2.30. The van der Waals surface area contributed by atoms with Crippen molar-refractivity contribution in [2.75, 3.05) is 20.8 Å². The molecule has 0 atom stereocenters. The first kappa shape index (κ1) is 9.48. The van der Waals surface area contributed by atoms with E-state index >= 15 is 0 Å². The maximum absolute atomic E-state index is 11.1. The van der Waals surface area contributed by atoms with Crippen LogP contribution in [0.2, 0.25) is 0 Å². The first-order valence-electron chi connectivity index (χ1n) is 3.98. The van der Waals surface area contributed by atoms with Gasteiger partial charge in [-0.15, -0.1) is 0 Å². The molecule has 0 amide bonds. The molecule has 0 saturated heterocycles. The van der Waals surface area contributed by atoms with Crippen LogP contribution in [0.1, 0.15) is 12.8 Å². The van der Waals surface area contributed by atoms with Crippen molar-refractivity contribution >= 4 is 5.97 Å². The second kappa shape index (κ2) is 3.41. The van der Waals surface area contributed by atoms with Crippen LogP contribution in [0.5, 0.6) is 0 Å². The predicted molar refractivity (Wildman–Crippen MR) is 43.5 cm³/mol. The molecule has 12 heavy (non-hydrogen) atoms. The smallest absolute Gasteiger partial charge is 0.325 e. The highest BCUT2D eigenvalue weighted by atomic mass is 16.5. The number of rotatable bonds is 3. The van der Waals surface area contributed by atoms with E-state index in [1.54, 1.807) is 7.11 Å². The van der Waals surface area contributed by atoms with E-state index in [1.807, 2.05) is 0 Å². The van der Waals surface area contributed by atoms with E-state index in [9.17, 15) is 4.79 Å². The van der Waals surface area contributed by atoms with E-state index in [1.165, 1.54) is 7.11 Å². The monoisotopic (exact) mass is 173 g/mol. The van der Waals surface area contributed by atoms with E-state index in [0.717, 1.165) is 0 Å². The summed E-state index contributed by atoms with van der Waals surface area (Å²) >= 11 is 0. The molecule has 1 fully saturated rings. The average Bonchev–Trinajstić information content (AvgIpc) is 2.00. The molecular weight excluding hydrogens is 158 g/mol. The minimum absolute atomic E-state index is 0.310. The Kier molecular flexibility index (Phi) is 2.69. The summed E-state index contributed by atoms with van der Waals surface area (Å²) in [6, 6.07) is 0. The normalized spacial score (nSPS) is 34.1. The van der Waals surface area contributed by atoms with Gasteiger partial charge >= 0.3 is 5.97 Å².